The molecule has 0 fully saturated rings. The first kappa shape index (κ1) is 13.1. The Morgan fingerprint density at radius 2 is 2.20 bits per heavy atom. The van der Waals surface area contributed by atoms with Gasteiger partial charge in [-0.15, -0.1) is 11.3 Å². The Morgan fingerprint density at radius 1 is 1.35 bits per heavy atom. The molecule has 2 atom stereocenters. The zero-order valence-corrected chi connectivity index (χ0v) is 11.7. The van der Waals surface area contributed by atoms with Gasteiger partial charge in [-0.2, -0.15) is 0 Å². The molecule has 2 unspecified atom stereocenters. The number of fused-ring (bicyclic) bond motifs is 1. The van der Waals surface area contributed by atoms with E-state index in [4.69, 9.17) is 10.5 Å². The molecule has 20 heavy (non-hydrogen) atoms. The lowest BCUT2D eigenvalue weighted by molar-refractivity contribution is -0.123. The smallest absolute Gasteiger partial charge is 0.242 e. The van der Waals surface area contributed by atoms with E-state index in [1.165, 1.54) is 11.3 Å². The maximum absolute atomic E-state index is 12.2. The van der Waals surface area contributed by atoms with Gasteiger partial charge in [0, 0.05) is 16.9 Å². The lowest BCUT2D eigenvalue weighted by Crippen LogP contribution is -2.38. The van der Waals surface area contributed by atoms with Gasteiger partial charge in [0.05, 0.1) is 12.6 Å². The summed E-state index contributed by atoms with van der Waals surface area (Å²) in [6.45, 7) is 0.607. The Morgan fingerprint density at radius 3 is 3.00 bits per heavy atom. The van der Waals surface area contributed by atoms with Crippen LogP contribution in [0.2, 0.25) is 0 Å². The largest absolute Gasteiger partial charge is 0.493 e. The molecule has 3 N–H and O–H groups in total. The van der Waals surface area contributed by atoms with Gasteiger partial charge in [-0.1, -0.05) is 24.3 Å². The first-order chi connectivity index (χ1) is 9.75. The summed E-state index contributed by atoms with van der Waals surface area (Å²) in [4.78, 5) is 13.1. The average molecular weight is 288 g/mol. The third kappa shape index (κ3) is 2.55. The minimum absolute atomic E-state index is 0.0292. The van der Waals surface area contributed by atoms with Crippen molar-refractivity contribution in [2.24, 2.45) is 5.73 Å². The highest BCUT2D eigenvalue weighted by Crippen LogP contribution is 2.32. The Labute approximate surface area is 121 Å². The minimum atomic E-state index is -0.606. The van der Waals surface area contributed by atoms with Crippen LogP contribution in [0.25, 0.3) is 0 Å². The van der Waals surface area contributed by atoms with Crippen LogP contribution in [0.15, 0.2) is 41.8 Å². The van der Waals surface area contributed by atoms with Crippen LogP contribution in [0.5, 0.6) is 5.75 Å². The molecule has 1 aliphatic rings. The highest BCUT2D eigenvalue weighted by atomic mass is 32.1. The van der Waals surface area contributed by atoms with Gasteiger partial charge in [-0.05, 0) is 17.5 Å². The van der Waals surface area contributed by atoms with Gasteiger partial charge in [0.25, 0.3) is 0 Å². The highest BCUT2D eigenvalue weighted by molar-refractivity contribution is 7.10. The lowest BCUT2D eigenvalue weighted by Gasteiger charge is -2.27. The zero-order valence-electron chi connectivity index (χ0n) is 10.9. The predicted octanol–water partition coefficient (Wildman–Crippen LogP) is 2.39. The maximum Gasteiger partial charge on any atom is 0.242 e. The fourth-order valence-corrected chi connectivity index (χ4v) is 3.08. The van der Waals surface area contributed by atoms with Crippen molar-refractivity contribution < 1.29 is 9.53 Å². The van der Waals surface area contributed by atoms with Gasteiger partial charge in [-0.3, -0.25) is 4.79 Å². The molecule has 1 aromatic heterocycles. The zero-order chi connectivity index (χ0) is 13.9. The van der Waals surface area contributed by atoms with Crippen molar-refractivity contribution in [3.8, 4) is 5.75 Å². The summed E-state index contributed by atoms with van der Waals surface area (Å²) in [6.07, 6.45) is 0.764. The fraction of sp³-hybridized carbons (Fsp3) is 0.267. The molecule has 104 valence electrons. The molecule has 5 heteroatoms. The average Bonchev–Trinajstić information content (AvgIpc) is 3.01. The van der Waals surface area contributed by atoms with Gasteiger partial charge in [0.1, 0.15) is 11.8 Å². The number of benzene rings is 1. The SMILES string of the molecule is NC(C(=O)NC1CCOc2ccccc21)c1cccs1. The molecule has 0 spiro atoms. The van der Waals surface area contributed by atoms with Crippen LogP contribution in [-0.4, -0.2) is 12.5 Å². The van der Waals surface area contributed by atoms with Crippen LogP contribution in [0, 0.1) is 0 Å². The van der Waals surface area contributed by atoms with Crippen LogP contribution >= 0.6 is 11.3 Å². The van der Waals surface area contributed by atoms with E-state index in [0.717, 1.165) is 22.6 Å². The third-order valence-corrected chi connectivity index (χ3v) is 4.36. The van der Waals surface area contributed by atoms with Crippen molar-refractivity contribution in [3.05, 3.63) is 52.2 Å². The Hall–Kier alpha value is -1.85. The van der Waals surface area contributed by atoms with Crippen LogP contribution in [-0.2, 0) is 4.79 Å². The Bertz CT molecular complexity index is 598. The molecule has 0 aliphatic carbocycles. The van der Waals surface area contributed by atoms with E-state index >= 15 is 0 Å². The summed E-state index contributed by atoms with van der Waals surface area (Å²) in [5.74, 6) is 0.697. The number of ether oxygens (including phenoxy) is 1. The molecular formula is C15H16N2O2S. The predicted molar refractivity (Wildman–Crippen MR) is 78.7 cm³/mol. The van der Waals surface area contributed by atoms with Gasteiger partial charge in [0.2, 0.25) is 5.91 Å². The Balaban J connectivity index is 1.74. The van der Waals surface area contributed by atoms with E-state index in [1.54, 1.807) is 0 Å². The van der Waals surface area contributed by atoms with Crippen molar-refractivity contribution in [1.82, 2.24) is 5.32 Å². The number of amides is 1. The molecule has 0 saturated carbocycles. The minimum Gasteiger partial charge on any atom is -0.493 e. The number of nitrogens with one attached hydrogen (secondary N) is 1. The maximum atomic E-state index is 12.2. The molecule has 0 bridgehead atoms. The molecule has 0 radical (unpaired) electrons. The second kappa shape index (κ2) is 5.64. The van der Waals surface area contributed by atoms with E-state index in [0.29, 0.717) is 6.61 Å². The molecule has 0 saturated heterocycles. The van der Waals surface area contributed by atoms with Crippen molar-refractivity contribution in [3.63, 3.8) is 0 Å². The summed E-state index contributed by atoms with van der Waals surface area (Å²) in [5.41, 5.74) is 7.01. The van der Waals surface area contributed by atoms with Crippen LogP contribution in [0.1, 0.15) is 28.9 Å². The summed E-state index contributed by atoms with van der Waals surface area (Å²) >= 11 is 1.50. The second-order valence-corrected chi connectivity index (χ2v) is 5.71. The number of carbonyl (C=O) groups excluding carboxylic acids is 1. The van der Waals surface area contributed by atoms with E-state index < -0.39 is 6.04 Å². The number of carbonyl (C=O) groups is 1. The topological polar surface area (TPSA) is 64.4 Å². The Kier molecular flexibility index (Phi) is 3.71. The number of rotatable bonds is 3. The van der Waals surface area contributed by atoms with Crippen LogP contribution in [0.3, 0.4) is 0 Å². The number of thiophene rings is 1. The van der Waals surface area contributed by atoms with Crippen LogP contribution < -0.4 is 15.8 Å². The van der Waals surface area contributed by atoms with Crippen LogP contribution in [0.4, 0.5) is 0 Å². The molecule has 3 rings (SSSR count). The first-order valence-corrected chi connectivity index (χ1v) is 7.45. The van der Waals surface area contributed by atoms with Crippen molar-refractivity contribution in [1.29, 1.82) is 0 Å². The highest BCUT2D eigenvalue weighted by Gasteiger charge is 2.25. The molecule has 4 nitrogen and oxygen atoms in total. The standard InChI is InChI=1S/C15H16N2O2S/c16-14(13-6-3-9-20-13)15(18)17-11-7-8-19-12-5-2-1-4-10(11)12/h1-6,9,11,14H,7-8,16H2,(H,17,18). The third-order valence-electron chi connectivity index (χ3n) is 3.41. The van der Waals surface area contributed by atoms with Crippen molar-refractivity contribution >= 4 is 17.2 Å². The number of nitrogens with two attached hydrogens (primary N) is 1. The molecular weight excluding hydrogens is 272 g/mol. The molecule has 2 heterocycles. The summed E-state index contributed by atoms with van der Waals surface area (Å²) < 4.78 is 5.59. The molecule has 1 aliphatic heterocycles. The second-order valence-electron chi connectivity index (χ2n) is 4.73. The number of hydrogen-bond acceptors (Lipinski definition) is 4. The normalized spacial score (nSPS) is 18.8. The van der Waals surface area contributed by atoms with Gasteiger partial charge in [-0.25, -0.2) is 0 Å². The first-order valence-electron chi connectivity index (χ1n) is 6.57. The van der Waals surface area contributed by atoms with E-state index in [9.17, 15) is 4.79 Å². The van der Waals surface area contributed by atoms with Gasteiger partial charge < -0.3 is 15.8 Å². The number of para-hydroxylation sites is 1. The monoisotopic (exact) mass is 288 g/mol. The van der Waals surface area contributed by atoms with E-state index in [1.807, 2.05) is 41.8 Å². The van der Waals surface area contributed by atoms with E-state index in [2.05, 4.69) is 5.32 Å². The molecule has 2 aromatic rings. The lowest BCUT2D eigenvalue weighted by atomic mass is 10.00. The molecule has 1 amide bonds. The summed E-state index contributed by atoms with van der Waals surface area (Å²) in [7, 11) is 0. The fourth-order valence-electron chi connectivity index (χ4n) is 2.35. The van der Waals surface area contributed by atoms with E-state index in [-0.39, 0.29) is 11.9 Å². The summed E-state index contributed by atoms with van der Waals surface area (Å²) in [6, 6.07) is 10.9. The van der Waals surface area contributed by atoms with Gasteiger partial charge in [0.15, 0.2) is 0 Å². The number of hydrogen-bond donors (Lipinski definition) is 2. The molecule has 1 aromatic carbocycles. The quantitative estimate of drug-likeness (QED) is 0.911. The summed E-state index contributed by atoms with van der Waals surface area (Å²) in [5, 5.41) is 4.95. The van der Waals surface area contributed by atoms with Crippen molar-refractivity contribution in [2.75, 3.05) is 6.61 Å². The van der Waals surface area contributed by atoms with Gasteiger partial charge >= 0.3 is 0 Å². The van der Waals surface area contributed by atoms with Crippen molar-refractivity contribution in [2.45, 2.75) is 18.5 Å².